The Labute approximate surface area is 167 Å². The third kappa shape index (κ3) is 4.75. The van der Waals surface area contributed by atoms with Crippen LogP contribution in [0, 0.1) is 0 Å². The molecule has 3 rings (SSSR count). The summed E-state index contributed by atoms with van der Waals surface area (Å²) < 4.78 is 5.13. The molecule has 0 saturated carbocycles. The number of hydrogen-bond acceptors (Lipinski definition) is 5. The molecule has 28 heavy (non-hydrogen) atoms. The van der Waals surface area contributed by atoms with Crippen molar-refractivity contribution in [2.24, 2.45) is 0 Å². The molecule has 0 atom stereocenters. The highest BCUT2D eigenvalue weighted by atomic mass is 35.5. The largest absolute Gasteiger partial charge is 0.462 e. The molecule has 0 radical (unpaired) electrons. The number of amides is 1. The number of hydrogen-bond donors (Lipinski definition) is 2. The van der Waals surface area contributed by atoms with E-state index in [0.717, 1.165) is 5.56 Å². The summed E-state index contributed by atoms with van der Waals surface area (Å²) in [6, 6.07) is 10.8. The number of carbonyl (C=O) groups excluding carboxylic acids is 2. The summed E-state index contributed by atoms with van der Waals surface area (Å²) in [5.41, 5.74) is 2.36. The number of anilines is 1. The lowest BCUT2D eigenvalue weighted by atomic mass is 10.1. The summed E-state index contributed by atoms with van der Waals surface area (Å²) in [6.07, 6.45) is 3.99. The van der Waals surface area contributed by atoms with E-state index in [1.54, 1.807) is 43.6 Å². The summed E-state index contributed by atoms with van der Waals surface area (Å²) >= 11 is 5.87. The smallest absolute Gasteiger partial charge is 0.344 e. The van der Waals surface area contributed by atoms with Gasteiger partial charge in [0, 0.05) is 29.4 Å². The van der Waals surface area contributed by atoms with Crippen molar-refractivity contribution in [3.63, 3.8) is 0 Å². The average Bonchev–Trinajstić information content (AvgIpc) is 3.12. The number of H-pyrrole nitrogens is 1. The van der Waals surface area contributed by atoms with Crippen LogP contribution in [-0.4, -0.2) is 33.7 Å². The Morgan fingerprint density at radius 3 is 2.54 bits per heavy atom. The average molecular weight is 399 g/mol. The topological polar surface area (TPSA) is 97.0 Å². The molecule has 0 saturated heterocycles. The van der Waals surface area contributed by atoms with Gasteiger partial charge in [-0.1, -0.05) is 23.7 Å². The maximum atomic E-state index is 12.5. The summed E-state index contributed by atoms with van der Waals surface area (Å²) in [5.74, 6) is -0.671. The lowest BCUT2D eigenvalue weighted by molar-refractivity contribution is -0.116. The summed E-state index contributed by atoms with van der Waals surface area (Å²) in [5, 5.41) is 10.3. The maximum Gasteiger partial charge on any atom is 0.344 e. The number of rotatable bonds is 7. The van der Waals surface area contributed by atoms with Gasteiger partial charge in [-0.2, -0.15) is 5.10 Å². The number of aromatic amines is 1. The predicted molar refractivity (Wildman–Crippen MR) is 106 cm³/mol. The molecule has 0 unspecified atom stereocenters. The monoisotopic (exact) mass is 398 g/mol. The van der Waals surface area contributed by atoms with Crippen molar-refractivity contribution >= 4 is 29.3 Å². The van der Waals surface area contributed by atoms with E-state index < -0.39 is 5.97 Å². The van der Waals surface area contributed by atoms with Gasteiger partial charge in [-0.3, -0.25) is 14.9 Å². The van der Waals surface area contributed by atoms with E-state index in [1.165, 1.54) is 0 Å². The molecule has 0 aliphatic rings. The number of nitrogens with zero attached hydrogens (tertiary/aromatic N) is 2. The first-order chi connectivity index (χ1) is 13.6. The number of aryl methyl sites for hydroxylation is 1. The van der Waals surface area contributed by atoms with Crippen molar-refractivity contribution in [2.75, 3.05) is 11.9 Å². The van der Waals surface area contributed by atoms with Gasteiger partial charge in [0.2, 0.25) is 5.91 Å². The van der Waals surface area contributed by atoms with Crippen LogP contribution in [0.4, 0.5) is 5.82 Å². The van der Waals surface area contributed by atoms with Crippen molar-refractivity contribution in [3.8, 4) is 11.3 Å². The van der Waals surface area contributed by atoms with Crippen LogP contribution in [-0.2, 0) is 16.0 Å². The number of halogens is 1. The molecular weight excluding hydrogens is 380 g/mol. The van der Waals surface area contributed by atoms with Crippen LogP contribution < -0.4 is 5.32 Å². The molecule has 0 aliphatic heterocycles. The van der Waals surface area contributed by atoms with Crippen LogP contribution >= 0.6 is 11.6 Å². The molecule has 0 bridgehead atoms. The third-order valence-corrected chi connectivity index (χ3v) is 4.28. The summed E-state index contributed by atoms with van der Waals surface area (Å²) in [7, 11) is 0. The summed E-state index contributed by atoms with van der Waals surface area (Å²) in [6.45, 7) is 1.93. The van der Waals surface area contributed by atoms with Crippen LogP contribution in [0.25, 0.3) is 11.3 Å². The molecule has 0 spiro atoms. The zero-order chi connectivity index (χ0) is 19.9. The van der Waals surface area contributed by atoms with Gasteiger partial charge in [0.25, 0.3) is 0 Å². The maximum absolute atomic E-state index is 12.5. The van der Waals surface area contributed by atoms with Gasteiger partial charge in [-0.15, -0.1) is 0 Å². The number of esters is 1. The van der Waals surface area contributed by atoms with Crippen molar-refractivity contribution in [3.05, 3.63) is 64.9 Å². The van der Waals surface area contributed by atoms with Gasteiger partial charge in [0.15, 0.2) is 5.82 Å². The Kier molecular flexibility index (Phi) is 6.39. The number of pyridine rings is 1. The van der Waals surface area contributed by atoms with Crippen LogP contribution in [0.2, 0.25) is 5.02 Å². The SMILES string of the molecule is CCOC(=O)c1c(NC(=O)CCc2ccc(Cl)cc2)n[nH]c1-c1ccncc1. The van der Waals surface area contributed by atoms with Gasteiger partial charge < -0.3 is 10.1 Å². The minimum atomic E-state index is -0.559. The van der Waals surface area contributed by atoms with Crippen molar-refractivity contribution < 1.29 is 14.3 Å². The van der Waals surface area contributed by atoms with Gasteiger partial charge >= 0.3 is 5.97 Å². The Morgan fingerprint density at radius 1 is 1.14 bits per heavy atom. The standard InChI is InChI=1S/C20H19ClN4O3/c1-2-28-20(27)17-18(14-9-11-22-12-10-14)24-25-19(17)23-16(26)8-5-13-3-6-15(21)7-4-13/h3-4,6-7,9-12H,2,5,8H2,1H3,(H2,23,24,25,26). The molecule has 144 valence electrons. The highest BCUT2D eigenvalue weighted by molar-refractivity contribution is 6.30. The van der Waals surface area contributed by atoms with Crippen LogP contribution in [0.5, 0.6) is 0 Å². The predicted octanol–water partition coefficient (Wildman–Crippen LogP) is 3.87. The molecule has 7 nitrogen and oxygen atoms in total. The Morgan fingerprint density at radius 2 is 1.86 bits per heavy atom. The molecule has 2 N–H and O–H groups in total. The first-order valence-electron chi connectivity index (χ1n) is 8.78. The minimum absolute atomic E-state index is 0.145. The highest BCUT2D eigenvalue weighted by Gasteiger charge is 2.24. The molecule has 2 aromatic heterocycles. The van der Waals surface area contributed by atoms with E-state index in [-0.39, 0.29) is 30.3 Å². The van der Waals surface area contributed by atoms with Gasteiger partial charge in [0.05, 0.1) is 12.3 Å². The van der Waals surface area contributed by atoms with E-state index in [2.05, 4.69) is 20.5 Å². The number of aromatic nitrogens is 3. The zero-order valence-corrected chi connectivity index (χ0v) is 16.0. The quantitative estimate of drug-likeness (QED) is 0.589. The Bertz CT molecular complexity index is 955. The molecule has 8 heteroatoms. The van der Waals surface area contributed by atoms with Crippen LogP contribution in [0.3, 0.4) is 0 Å². The van der Waals surface area contributed by atoms with Crippen molar-refractivity contribution in [1.82, 2.24) is 15.2 Å². The lowest BCUT2D eigenvalue weighted by Crippen LogP contribution is -2.16. The first kappa shape index (κ1) is 19.6. The fraction of sp³-hybridized carbons (Fsp3) is 0.200. The van der Waals surface area contributed by atoms with E-state index >= 15 is 0 Å². The first-order valence-corrected chi connectivity index (χ1v) is 9.16. The van der Waals surface area contributed by atoms with Crippen LogP contribution in [0.15, 0.2) is 48.8 Å². The van der Waals surface area contributed by atoms with Gasteiger partial charge in [-0.05, 0) is 43.2 Å². The molecule has 1 aromatic carbocycles. The number of benzene rings is 1. The molecule has 3 aromatic rings. The van der Waals surface area contributed by atoms with Crippen molar-refractivity contribution in [2.45, 2.75) is 19.8 Å². The lowest BCUT2D eigenvalue weighted by Gasteiger charge is -2.07. The van der Waals surface area contributed by atoms with Crippen molar-refractivity contribution in [1.29, 1.82) is 0 Å². The summed E-state index contributed by atoms with van der Waals surface area (Å²) in [4.78, 5) is 28.8. The number of ether oxygens (including phenoxy) is 1. The van der Waals surface area contributed by atoms with Crippen LogP contribution in [0.1, 0.15) is 29.3 Å². The fourth-order valence-electron chi connectivity index (χ4n) is 2.67. The van der Waals surface area contributed by atoms with Gasteiger partial charge in [0.1, 0.15) is 5.56 Å². The molecular formula is C20H19ClN4O3. The molecule has 2 heterocycles. The zero-order valence-electron chi connectivity index (χ0n) is 15.2. The number of nitrogens with one attached hydrogen (secondary N) is 2. The Balaban J connectivity index is 1.77. The molecule has 1 amide bonds. The van der Waals surface area contributed by atoms with E-state index in [4.69, 9.17) is 16.3 Å². The van der Waals surface area contributed by atoms with E-state index in [1.807, 2.05) is 12.1 Å². The highest BCUT2D eigenvalue weighted by Crippen LogP contribution is 2.27. The Hall–Kier alpha value is -3.19. The number of carbonyl (C=O) groups is 2. The van der Waals surface area contributed by atoms with E-state index in [9.17, 15) is 9.59 Å². The molecule has 0 aliphatic carbocycles. The van der Waals surface area contributed by atoms with Gasteiger partial charge in [-0.25, -0.2) is 4.79 Å². The second-order valence-electron chi connectivity index (χ2n) is 5.95. The second kappa shape index (κ2) is 9.14. The fourth-order valence-corrected chi connectivity index (χ4v) is 2.79. The second-order valence-corrected chi connectivity index (χ2v) is 6.39. The minimum Gasteiger partial charge on any atom is -0.462 e. The third-order valence-electron chi connectivity index (χ3n) is 4.03. The normalized spacial score (nSPS) is 10.5. The molecule has 0 fully saturated rings. The van der Waals surface area contributed by atoms with E-state index in [0.29, 0.717) is 22.7 Å².